The summed E-state index contributed by atoms with van der Waals surface area (Å²) in [5, 5.41) is 24.3. The van der Waals surface area contributed by atoms with E-state index in [1.165, 1.54) is 0 Å². The van der Waals surface area contributed by atoms with E-state index >= 15 is 0 Å². The Morgan fingerprint density at radius 1 is 1.29 bits per heavy atom. The minimum atomic E-state index is -1.27. The average molecular weight is 529 g/mol. The van der Waals surface area contributed by atoms with Crippen LogP contribution in [0, 0.1) is 0 Å². The average Bonchev–Trinajstić information content (AvgIpc) is 2.69. The molecule has 1 heterocycles. The summed E-state index contributed by atoms with van der Waals surface area (Å²) < 4.78 is -2.10. The Balaban J connectivity index is 2.42. The molecule has 21 heavy (non-hydrogen) atoms. The molecule has 0 spiro atoms. The first-order valence-corrected chi connectivity index (χ1v) is 8.75. The zero-order chi connectivity index (χ0) is 15.4. The maximum Gasteiger partial charge on any atom is 0.341 e. The highest BCUT2D eigenvalue weighted by Crippen LogP contribution is 2.59. The fourth-order valence-electron chi connectivity index (χ4n) is 2.72. The van der Waals surface area contributed by atoms with Crippen molar-refractivity contribution in [2.24, 2.45) is 0 Å². The smallest absolute Gasteiger partial charge is 0.341 e. The summed E-state index contributed by atoms with van der Waals surface area (Å²) in [6, 6.07) is 8.95. The molecule has 2 atom stereocenters. The van der Waals surface area contributed by atoms with Gasteiger partial charge in [0.25, 0.3) is 0 Å². The van der Waals surface area contributed by atoms with Gasteiger partial charge in [-0.05, 0) is 28.0 Å². The minimum Gasteiger partial charge on any atom is -0.507 e. The topological polar surface area (TPSA) is 69.6 Å². The van der Waals surface area contributed by atoms with Crippen molar-refractivity contribution in [1.29, 1.82) is 0 Å². The van der Waals surface area contributed by atoms with Gasteiger partial charge >= 0.3 is 5.97 Å². The van der Waals surface area contributed by atoms with E-state index in [2.05, 4.69) is 27.9 Å². The number of rotatable bonds is 2. The van der Waals surface area contributed by atoms with Gasteiger partial charge in [-0.1, -0.05) is 46.9 Å². The molecule has 0 bridgehead atoms. The van der Waals surface area contributed by atoms with Gasteiger partial charge in [-0.2, -0.15) is 0 Å². The second-order valence-electron chi connectivity index (χ2n) is 4.89. The second-order valence-corrected chi connectivity index (χ2v) is 8.61. The molecule has 2 aromatic rings. The molecule has 110 valence electrons. The Hall–Kier alpha value is -0.480. The number of hydrogen-bond donors (Lipinski definition) is 3. The van der Waals surface area contributed by atoms with Crippen LogP contribution in [0.2, 0.25) is 0 Å². The Morgan fingerprint density at radius 2 is 1.90 bits per heavy atom. The largest absolute Gasteiger partial charge is 0.507 e. The first-order chi connectivity index (χ1) is 9.85. The number of phenols is 1. The van der Waals surface area contributed by atoms with Gasteiger partial charge < -0.3 is 15.5 Å². The maximum absolute atomic E-state index is 11.8. The molecule has 1 aliphatic heterocycles. The molecular weight excluding hydrogens is 519 g/mol. The normalized spacial score (nSPS) is 27.4. The molecule has 3 rings (SSSR count). The van der Waals surface area contributed by atoms with Crippen LogP contribution >= 0.6 is 56.8 Å². The minimum absolute atomic E-state index is 0.121. The van der Waals surface area contributed by atoms with E-state index in [9.17, 15) is 15.0 Å². The summed E-state index contributed by atoms with van der Waals surface area (Å²) in [4.78, 5) is 11.8. The van der Waals surface area contributed by atoms with Gasteiger partial charge in [0.2, 0.25) is 3.55 Å². The quantitative estimate of drug-likeness (QED) is 0.312. The van der Waals surface area contributed by atoms with Gasteiger partial charge in [0.15, 0.2) is 0 Å². The lowest BCUT2D eigenvalue weighted by molar-refractivity contribution is -0.138. The van der Waals surface area contributed by atoms with Crippen molar-refractivity contribution in [3.05, 3.63) is 35.9 Å². The SMILES string of the molecule is O=C(O)C1(I)Nc2cc(O)c3ccccc3c2[C@]1(I)CCl. The number of carboxylic acids is 1. The lowest BCUT2D eigenvalue weighted by Crippen LogP contribution is -2.51. The molecule has 3 N–H and O–H groups in total. The van der Waals surface area contributed by atoms with Gasteiger partial charge in [0.1, 0.15) is 9.17 Å². The number of aliphatic carboxylic acids is 1. The van der Waals surface area contributed by atoms with Crippen molar-refractivity contribution in [1.82, 2.24) is 0 Å². The van der Waals surface area contributed by atoms with Crippen molar-refractivity contribution < 1.29 is 15.0 Å². The molecule has 0 aliphatic carbocycles. The zero-order valence-electron chi connectivity index (χ0n) is 10.5. The van der Waals surface area contributed by atoms with Crippen LogP contribution < -0.4 is 5.32 Å². The van der Waals surface area contributed by atoms with Crippen molar-refractivity contribution in [2.45, 2.75) is 6.97 Å². The first kappa shape index (κ1) is 15.4. The van der Waals surface area contributed by atoms with E-state index in [-0.39, 0.29) is 11.6 Å². The molecule has 0 saturated heterocycles. The number of carboxylic acid groups (broad SMARTS) is 1. The van der Waals surface area contributed by atoms with Crippen LogP contribution in [0.4, 0.5) is 5.69 Å². The monoisotopic (exact) mass is 529 g/mol. The lowest BCUT2D eigenvalue weighted by atomic mass is 9.91. The standard InChI is InChI=1S/C14H10ClI2NO3/c15-6-13(16)11-8-4-2-1-3-7(8)10(19)5-9(11)18-14(13,17)12(20)21/h1-5,18-19H,6H2,(H,20,21)/t13-,14?/m1/s1. The molecule has 7 heteroatoms. The van der Waals surface area contributed by atoms with E-state index in [1.54, 1.807) is 6.07 Å². The summed E-state index contributed by atoms with van der Waals surface area (Å²) in [5.74, 6) is -0.730. The Morgan fingerprint density at radius 3 is 2.48 bits per heavy atom. The number of aromatic hydroxyl groups is 1. The van der Waals surface area contributed by atoms with Crippen molar-refractivity contribution >= 4 is 79.2 Å². The highest BCUT2D eigenvalue weighted by atomic mass is 127. The van der Waals surface area contributed by atoms with Gasteiger partial charge in [-0.25, -0.2) is 4.79 Å². The number of halogens is 3. The number of alkyl halides is 3. The molecule has 1 unspecified atom stereocenters. The summed E-state index contributed by atoms with van der Waals surface area (Å²) in [6.45, 7) is 0. The van der Waals surface area contributed by atoms with Crippen molar-refractivity contribution in [2.75, 3.05) is 11.2 Å². The second kappa shape index (κ2) is 5.02. The van der Waals surface area contributed by atoms with E-state index < -0.39 is 12.9 Å². The third-order valence-electron chi connectivity index (χ3n) is 3.75. The fraction of sp³-hybridized carbons (Fsp3) is 0.214. The van der Waals surface area contributed by atoms with E-state index in [4.69, 9.17) is 11.6 Å². The van der Waals surface area contributed by atoms with Gasteiger partial charge in [0, 0.05) is 28.6 Å². The van der Waals surface area contributed by atoms with E-state index in [0.29, 0.717) is 11.1 Å². The fourth-order valence-corrected chi connectivity index (χ4v) is 4.98. The molecule has 1 aliphatic rings. The predicted octanol–water partition coefficient (Wildman–Crippen LogP) is 4.06. The third-order valence-corrected chi connectivity index (χ3v) is 9.02. The lowest BCUT2D eigenvalue weighted by Gasteiger charge is -2.33. The van der Waals surface area contributed by atoms with Gasteiger partial charge in [-0.15, -0.1) is 11.6 Å². The van der Waals surface area contributed by atoms with Crippen LogP contribution in [0.5, 0.6) is 5.75 Å². The summed E-state index contributed by atoms with van der Waals surface area (Å²) in [5.41, 5.74) is 1.43. The maximum atomic E-state index is 11.8. The van der Waals surface area contributed by atoms with Crippen LogP contribution in [0.3, 0.4) is 0 Å². The number of benzene rings is 2. The summed E-state index contributed by atoms with van der Waals surface area (Å²) >= 11 is 10.2. The summed E-state index contributed by atoms with van der Waals surface area (Å²) in [6.07, 6.45) is 0. The number of nitrogens with one attached hydrogen (secondary N) is 1. The number of carbonyl (C=O) groups is 1. The van der Waals surface area contributed by atoms with Gasteiger partial charge in [-0.3, -0.25) is 0 Å². The molecule has 0 radical (unpaired) electrons. The molecule has 0 saturated carbocycles. The molecule has 0 fully saturated rings. The number of hydrogen-bond acceptors (Lipinski definition) is 3. The molecule has 2 aromatic carbocycles. The van der Waals surface area contributed by atoms with Crippen LogP contribution in [0.25, 0.3) is 10.8 Å². The molecule has 0 aromatic heterocycles. The molecule has 4 nitrogen and oxygen atoms in total. The Kier molecular flexibility index (Phi) is 3.69. The molecular formula is C14H10ClI2NO3. The highest BCUT2D eigenvalue weighted by molar-refractivity contribution is 14.1. The third kappa shape index (κ3) is 1.94. The van der Waals surface area contributed by atoms with E-state index in [0.717, 1.165) is 10.9 Å². The Labute approximate surface area is 153 Å². The predicted molar refractivity (Wildman–Crippen MR) is 100 cm³/mol. The highest BCUT2D eigenvalue weighted by Gasteiger charge is 2.60. The number of phenolic OH excluding ortho intramolecular Hbond substituents is 1. The molecule has 0 amide bonds. The van der Waals surface area contributed by atoms with Crippen LogP contribution in [-0.2, 0) is 8.22 Å². The number of fused-ring (bicyclic) bond motifs is 3. The van der Waals surface area contributed by atoms with Crippen LogP contribution in [0.15, 0.2) is 30.3 Å². The van der Waals surface area contributed by atoms with Crippen molar-refractivity contribution in [3.63, 3.8) is 0 Å². The zero-order valence-corrected chi connectivity index (χ0v) is 15.6. The van der Waals surface area contributed by atoms with Crippen LogP contribution in [-0.4, -0.2) is 25.6 Å². The van der Waals surface area contributed by atoms with Crippen molar-refractivity contribution in [3.8, 4) is 5.75 Å². The first-order valence-electron chi connectivity index (χ1n) is 6.05. The van der Waals surface area contributed by atoms with Gasteiger partial charge in [0.05, 0.1) is 0 Å². The number of anilines is 1. The van der Waals surface area contributed by atoms with Crippen LogP contribution in [0.1, 0.15) is 5.56 Å². The van der Waals surface area contributed by atoms with E-state index in [1.807, 2.05) is 46.9 Å². The summed E-state index contributed by atoms with van der Waals surface area (Å²) in [7, 11) is 0. The Bertz CT molecular complexity index is 769.